The predicted molar refractivity (Wildman–Crippen MR) is 80.9 cm³/mol. The van der Waals surface area contributed by atoms with Crippen molar-refractivity contribution in [2.24, 2.45) is 0 Å². The van der Waals surface area contributed by atoms with Gasteiger partial charge in [-0.1, -0.05) is 12.1 Å². The summed E-state index contributed by atoms with van der Waals surface area (Å²) in [5.74, 6) is 1.33. The first-order valence-electron chi connectivity index (χ1n) is 6.44. The van der Waals surface area contributed by atoms with E-state index in [1.807, 2.05) is 36.4 Å². The van der Waals surface area contributed by atoms with Crippen molar-refractivity contribution >= 4 is 10.8 Å². The molecule has 0 fully saturated rings. The number of fused-ring (bicyclic) bond motifs is 1. The number of rotatable bonds is 3. The summed E-state index contributed by atoms with van der Waals surface area (Å²) in [7, 11) is 3.17. The third-order valence-corrected chi connectivity index (χ3v) is 3.36. The molecule has 5 nitrogen and oxygen atoms in total. The maximum Gasteiger partial charge on any atom is 0.272 e. The first kappa shape index (κ1) is 13.2. The van der Waals surface area contributed by atoms with E-state index < -0.39 is 0 Å². The van der Waals surface area contributed by atoms with E-state index in [-0.39, 0.29) is 5.56 Å². The van der Waals surface area contributed by atoms with Crippen LogP contribution >= 0.6 is 0 Å². The summed E-state index contributed by atoms with van der Waals surface area (Å²) in [6.45, 7) is 0. The fourth-order valence-corrected chi connectivity index (χ4v) is 2.32. The molecule has 0 aliphatic rings. The summed E-state index contributed by atoms with van der Waals surface area (Å²) in [4.78, 5) is 12.0. The molecule has 3 aromatic rings. The van der Waals surface area contributed by atoms with E-state index >= 15 is 0 Å². The fourth-order valence-electron chi connectivity index (χ4n) is 2.32. The standard InChI is InChI=1S/C16H14N2O3/c1-20-10-7-8-11-13(9-10)16(19)18-17-15(11)12-5-3-4-6-14(12)21-2/h3-9H,1-2H3,(H,18,19). The molecule has 106 valence electrons. The Labute approximate surface area is 121 Å². The highest BCUT2D eigenvalue weighted by atomic mass is 16.5. The molecule has 0 amide bonds. The number of nitrogens with zero attached hydrogens (tertiary/aromatic N) is 1. The summed E-state index contributed by atoms with van der Waals surface area (Å²) in [6.07, 6.45) is 0. The van der Waals surface area contributed by atoms with Crippen LogP contribution in [-0.2, 0) is 0 Å². The third-order valence-electron chi connectivity index (χ3n) is 3.36. The summed E-state index contributed by atoms with van der Waals surface area (Å²) < 4.78 is 10.5. The van der Waals surface area contributed by atoms with Crippen LogP contribution in [0.2, 0.25) is 0 Å². The maximum absolute atomic E-state index is 12.0. The van der Waals surface area contributed by atoms with Crippen LogP contribution in [0, 0.1) is 0 Å². The third kappa shape index (κ3) is 2.23. The molecule has 1 heterocycles. The lowest BCUT2D eigenvalue weighted by Crippen LogP contribution is -2.09. The van der Waals surface area contributed by atoms with Gasteiger partial charge >= 0.3 is 0 Å². The van der Waals surface area contributed by atoms with Gasteiger partial charge in [0.05, 0.1) is 19.6 Å². The smallest absolute Gasteiger partial charge is 0.272 e. The second kappa shape index (κ2) is 5.28. The first-order chi connectivity index (χ1) is 10.2. The molecule has 0 unspecified atom stereocenters. The van der Waals surface area contributed by atoms with Gasteiger partial charge in [-0.2, -0.15) is 5.10 Å². The summed E-state index contributed by atoms with van der Waals surface area (Å²) >= 11 is 0. The number of H-pyrrole nitrogens is 1. The highest BCUT2D eigenvalue weighted by Crippen LogP contribution is 2.32. The zero-order valence-corrected chi connectivity index (χ0v) is 11.7. The average Bonchev–Trinajstić information content (AvgIpc) is 2.55. The molecule has 0 atom stereocenters. The van der Waals surface area contributed by atoms with E-state index in [1.54, 1.807) is 20.3 Å². The maximum atomic E-state index is 12.0. The van der Waals surface area contributed by atoms with Crippen LogP contribution in [0.25, 0.3) is 22.0 Å². The van der Waals surface area contributed by atoms with Crippen molar-refractivity contribution in [2.45, 2.75) is 0 Å². The van der Waals surface area contributed by atoms with Gasteiger partial charge in [0.2, 0.25) is 0 Å². The number of nitrogens with one attached hydrogen (secondary N) is 1. The number of ether oxygens (including phenoxy) is 2. The van der Waals surface area contributed by atoms with Gasteiger partial charge in [-0.15, -0.1) is 0 Å². The SMILES string of the molecule is COc1ccc2c(-c3ccccc3OC)n[nH]c(=O)c2c1. The molecule has 0 aliphatic carbocycles. The van der Waals surface area contributed by atoms with Crippen LogP contribution in [0.3, 0.4) is 0 Å². The summed E-state index contributed by atoms with van der Waals surface area (Å²) in [5.41, 5.74) is 1.25. The number of aromatic nitrogens is 2. The number of hydrogen-bond donors (Lipinski definition) is 1. The Balaban J connectivity index is 2.34. The molecule has 0 radical (unpaired) electrons. The number of para-hydroxylation sites is 1. The highest BCUT2D eigenvalue weighted by molar-refractivity contribution is 5.95. The van der Waals surface area contributed by atoms with E-state index in [1.165, 1.54) is 0 Å². The zero-order chi connectivity index (χ0) is 14.8. The molecule has 0 saturated heterocycles. The second-order valence-corrected chi connectivity index (χ2v) is 4.51. The van der Waals surface area contributed by atoms with Crippen LogP contribution in [0.5, 0.6) is 11.5 Å². The molecular formula is C16H14N2O3. The zero-order valence-electron chi connectivity index (χ0n) is 11.7. The molecule has 1 N–H and O–H groups in total. The minimum absolute atomic E-state index is 0.248. The Morgan fingerprint density at radius 2 is 1.81 bits per heavy atom. The van der Waals surface area contributed by atoms with Crippen molar-refractivity contribution in [1.82, 2.24) is 10.2 Å². The Hall–Kier alpha value is -2.82. The van der Waals surface area contributed by atoms with Crippen LogP contribution in [0.1, 0.15) is 0 Å². The monoisotopic (exact) mass is 282 g/mol. The van der Waals surface area contributed by atoms with Crippen molar-refractivity contribution in [2.75, 3.05) is 14.2 Å². The second-order valence-electron chi connectivity index (χ2n) is 4.51. The molecule has 3 rings (SSSR count). The van der Waals surface area contributed by atoms with Crippen molar-refractivity contribution in [1.29, 1.82) is 0 Å². The van der Waals surface area contributed by atoms with Crippen molar-refractivity contribution in [3.8, 4) is 22.8 Å². The predicted octanol–water partition coefficient (Wildman–Crippen LogP) is 2.61. The molecule has 0 spiro atoms. The van der Waals surface area contributed by atoms with Gasteiger partial charge in [0, 0.05) is 10.9 Å². The number of aromatic amines is 1. The molecule has 0 aliphatic heterocycles. The van der Waals surface area contributed by atoms with Crippen molar-refractivity contribution in [3.05, 3.63) is 52.8 Å². The van der Waals surface area contributed by atoms with Gasteiger partial charge in [-0.3, -0.25) is 4.79 Å². The molecule has 2 aromatic carbocycles. The van der Waals surface area contributed by atoms with E-state index in [9.17, 15) is 4.79 Å². The highest BCUT2D eigenvalue weighted by Gasteiger charge is 2.13. The normalized spacial score (nSPS) is 10.6. The lowest BCUT2D eigenvalue weighted by molar-refractivity contribution is 0.415. The lowest BCUT2D eigenvalue weighted by Gasteiger charge is -2.10. The molecule has 5 heteroatoms. The lowest BCUT2D eigenvalue weighted by atomic mass is 10.0. The van der Waals surface area contributed by atoms with Crippen LogP contribution in [0.15, 0.2) is 47.3 Å². The Morgan fingerprint density at radius 1 is 1.00 bits per heavy atom. The van der Waals surface area contributed by atoms with Gasteiger partial charge in [0.1, 0.15) is 17.2 Å². The first-order valence-corrected chi connectivity index (χ1v) is 6.44. The Bertz CT molecular complexity index is 856. The van der Waals surface area contributed by atoms with Crippen LogP contribution in [0.4, 0.5) is 0 Å². The fraction of sp³-hybridized carbons (Fsp3) is 0.125. The van der Waals surface area contributed by atoms with Crippen molar-refractivity contribution in [3.63, 3.8) is 0 Å². The summed E-state index contributed by atoms with van der Waals surface area (Å²) in [5, 5.41) is 8.00. The molecular weight excluding hydrogens is 268 g/mol. The minimum atomic E-state index is -0.248. The summed E-state index contributed by atoms with van der Waals surface area (Å²) in [6, 6.07) is 12.9. The van der Waals surface area contributed by atoms with Crippen LogP contribution < -0.4 is 15.0 Å². The van der Waals surface area contributed by atoms with E-state index in [2.05, 4.69) is 10.2 Å². The average molecular weight is 282 g/mol. The molecule has 1 aromatic heterocycles. The molecule has 0 saturated carbocycles. The molecule has 21 heavy (non-hydrogen) atoms. The van der Waals surface area contributed by atoms with Gasteiger partial charge in [-0.25, -0.2) is 5.10 Å². The van der Waals surface area contributed by atoms with Gasteiger partial charge in [0.25, 0.3) is 5.56 Å². The number of methoxy groups -OCH3 is 2. The Morgan fingerprint density at radius 3 is 2.57 bits per heavy atom. The van der Waals surface area contributed by atoms with Crippen molar-refractivity contribution < 1.29 is 9.47 Å². The van der Waals surface area contributed by atoms with Gasteiger partial charge in [-0.05, 0) is 30.3 Å². The Kier molecular flexibility index (Phi) is 3.31. The van der Waals surface area contributed by atoms with E-state index in [4.69, 9.17) is 9.47 Å². The number of benzene rings is 2. The van der Waals surface area contributed by atoms with Gasteiger partial charge < -0.3 is 9.47 Å². The number of hydrogen-bond acceptors (Lipinski definition) is 4. The van der Waals surface area contributed by atoms with Crippen LogP contribution in [-0.4, -0.2) is 24.4 Å². The molecule has 0 bridgehead atoms. The quantitative estimate of drug-likeness (QED) is 0.802. The van der Waals surface area contributed by atoms with Gasteiger partial charge in [0.15, 0.2) is 0 Å². The van der Waals surface area contributed by atoms with E-state index in [0.29, 0.717) is 22.6 Å². The topological polar surface area (TPSA) is 64.2 Å². The minimum Gasteiger partial charge on any atom is -0.497 e. The van der Waals surface area contributed by atoms with E-state index in [0.717, 1.165) is 10.9 Å². The largest absolute Gasteiger partial charge is 0.497 e.